The molecule has 1 atom stereocenters. The van der Waals surface area contributed by atoms with Gasteiger partial charge in [-0.2, -0.15) is 0 Å². The van der Waals surface area contributed by atoms with Crippen LogP contribution in [0.25, 0.3) is 0 Å². The predicted octanol–water partition coefficient (Wildman–Crippen LogP) is 3.98. The van der Waals surface area contributed by atoms with Gasteiger partial charge in [0.2, 0.25) is 0 Å². The average molecular weight is 393 g/mol. The van der Waals surface area contributed by atoms with Crippen LogP contribution in [-0.2, 0) is 7.05 Å². The van der Waals surface area contributed by atoms with E-state index in [4.69, 9.17) is 9.47 Å². The molecule has 0 spiro atoms. The lowest BCUT2D eigenvalue weighted by Gasteiger charge is -2.20. The van der Waals surface area contributed by atoms with Crippen LogP contribution >= 0.6 is 0 Å². The van der Waals surface area contributed by atoms with Gasteiger partial charge in [0.15, 0.2) is 0 Å². The van der Waals surface area contributed by atoms with Crippen LogP contribution in [0.4, 0.5) is 0 Å². The van der Waals surface area contributed by atoms with Gasteiger partial charge in [0, 0.05) is 25.0 Å². The predicted molar refractivity (Wildman–Crippen MR) is 112 cm³/mol. The molecule has 3 rings (SSSR count). The Morgan fingerprint density at radius 3 is 2.59 bits per heavy atom. The number of methoxy groups -OCH3 is 1. The molecule has 1 amide bonds. The van der Waals surface area contributed by atoms with Gasteiger partial charge < -0.3 is 19.4 Å². The summed E-state index contributed by atoms with van der Waals surface area (Å²) in [7, 11) is 3.53. The number of nitrogens with zero attached hydrogens (tertiary/aromatic N) is 2. The van der Waals surface area contributed by atoms with E-state index in [9.17, 15) is 4.79 Å². The standard InChI is InChI=1S/C23H27N3O3/c1-16(2)15-29-20-10-6-8-18(14-20)23(27)25-21(22-24-11-12-26(22)3)17-7-5-9-19(13-17)28-4/h5-14,16,21H,15H2,1-4H3,(H,25,27). The number of nitrogens with one attached hydrogen (secondary N) is 1. The van der Waals surface area contributed by atoms with Crippen molar-refractivity contribution >= 4 is 5.91 Å². The minimum absolute atomic E-state index is 0.198. The molecule has 0 fully saturated rings. The van der Waals surface area contributed by atoms with Crippen LogP contribution in [0.2, 0.25) is 0 Å². The summed E-state index contributed by atoms with van der Waals surface area (Å²) in [4.78, 5) is 17.5. The van der Waals surface area contributed by atoms with Gasteiger partial charge in [-0.1, -0.05) is 32.0 Å². The number of carbonyl (C=O) groups is 1. The molecule has 0 saturated heterocycles. The molecule has 3 aromatic rings. The third-order valence-electron chi connectivity index (χ3n) is 4.50. The maximum absolute atomic E-state index is 13.0. The van der Waals surface area contributed by atoms with Crippen molar-refractivity contribution in [3.63, 3.8) is 0 Å². The second-order valence-corrected chi connectivity index (χ2v) is 7.31. The Morgan fingerprint density at radius 1 is 1.14 bits per heavy atom. The van der Waals surface area contributed by atoms with Crippen molar-refractivity contribution in [2.45, 2.75) is 19.9 Å². The number of amides is 1. The van der Waals surface area contributed by atoms with E-state index in [0.29, 0.717) is 23.8 Å². The van der Waals surface area contributed by atoms with E-state index in [-0.39, 0.29) is 5.91 Å². The fourth-order valence-electron chi connectivity index (χ4n) is 2.98. The summed E-state index contributed by atoms with van der Waals surface area (Å²) in [5.41, 5.74) is 1.42. The van der Waals surface area contributed by atoms with Crippen LogP contribution in [0.15, 0.2) is 60.9 Å². The fourth-order valence-corrected chi connectivity index (χ4v) is 2.98. The number of carbonyl (C=O) groups excluding carboxylic acids is 1. The Labute approximate surface area is 171 Å². The van der Waals surface area contributed by atoms with Crippen molar-refractivity contribution in [2.24, 2.45) is 13.0 Å². The third kappa shape index (κ3) is 5.16. The fraction of sp³-hybridized carbons (Fsp3) is 0.304. The quantitative estimate of drug-likeness (QED) is 0.629. The smallest absolute Gasteiger partial charge is 0.252 e. The lowest BCUT2D eigenvalue weighted by atomic mass is 10.0. The highest BCUT2D eigenvalue weighted by Crippen LogP contribution is 2.25. The van der Waals surface area contributed by atoms with Crippen molar-refractivity contribution < 1.29 is 14.3 Å². The second kappa shape index (κ2) is 9.28. The molecular weight excluding hydrogens is 366 g/mol. The highest BCUT2D eigenvalue weighted by atomic mass is 16.5. The number of imidazole rings is 1. The first-order valence-corrected chi connectivity index (χ1v) is 9.63. The number of benzene rings is 2. The average Bonchev–Trinajstić information content (AvgIpc) is 3.16. The van der Waals surface area contributed by atoms with Crippen molar-refractivity contribution in [1.29, 1.82) is 0 Å². The number of aryl methyl sites for hydroxylation is 1. The monoisotopic (exact) mass is 393 g/mol. The summed E-state index contributed by atoms with van der Waals surface area (Å²) in [5.74, 6) is 2.35. The van der Waals surface area contributed by atoms with E-state index in [1.807, 2.05) is 54.2 Å². The molecule has 152 valence electrons. The normalized spacial score (nSPS) is 11.9. The summed E-state index contributed by atoms with van der Waals surface area (Å²) in [5, 5.41) is 3.10. The largest absolute Gasteiger partial charge is 0.497 e. The van der Waals surface area contributed by atoms with Gasteiger partial charge in [0.05, 0.1) is 13.7 Å². The van der Waals surface area contributed by atoms with Crippen molar-refractivity contribution in [3.05, 3.63) is 77.9 Å². The minimum Gasteiger partial charge on any atom is -0.497 e. The first-order valence-electron chi connectivity index (χ1n) is 9.63. The molecule has 0 aliphatic rings. The molecule has 1 heterocycles. The Kier molecular flexibility index (Phi) is 6.54. The molecular formula is C23H27N3O3. The molecule has 1 N–H and O–H groups in total. The SMILES string of the molecule is COc1cccc(C(NC(=O)c2cccc(OCC(C)C)c2)c2nccn2C)c1. The summed E-state index contributed by atoms with van der Waals surface area (Å²) in [6.07, 6.45) is 3.57. The van der Waals surface area contributed by atoms with Crippen LogP contribution < -0.4 is 14.8 Å². The molecule has 0 aliphatic heterocycles. The van der Waals surface area contributed by atoms with Gasteiger partial charge in [-0.3, -0.25) is 4.79 Å². The first kappa shape index (κ1) is 20.5. The van der Waals surface area contributed by atoms with Gasteiger partial charge in [-0.15, -0.1) is 0 Å². The van der Waals surface area contributed by atoms with E-state index in [1.165, 1.54) is 0 Å². The van der Waals surface area contributed by atoms with Gasteiger partial charge in [0.1, 0.15) is 23.4 Å². The molecule has 0 aliphatic carbocycles. The molecule has 2 aromatic carbocycles. The highest BCUT2D eigenvalue weighted by Gasteiger charge is 2.22. The van der Waals surface area contributed by atoms with Gasteiger partial charge in [-0.25, -0.2) is 4.98 Å². The van der Waals surface area contributed by atoms with E-state index >= 15 is 0 Å². The molecule has 0 bridgehead atoms. The topological polar surface area (TPSA) is 65.4 Å². The number of hydrogen-bond donors (Lipinski definition) is 1. The highest BCUT2D eigenvalue weighted by molar-refractivity contribution is 5.95. The Balaban J connectivity index is 1.87. The van der Waals surface area contributed by atoms with Crippen LogP contribution in [0.5, 0.6) is 11.5 Å². The molecule has 0 radical (unpaired) electrons. The van der Waals surface area contributed by atoms with E-state index in [0.717, 1.165) is 17.1 Å². The zero-order chi connectivity index (χ0) is 20.8. The zero-order valence-corrected chi connectivity index (χ0v) is 17.3. The van der Waals surface area contributed by atoms with E-state index < -0.39 is 6.04 Å². The van der Waals surface area contributed by atoms with Crippen LogP contribution in [0.1, 0.15) is 41.6 Å². The van der Waals surface area contributed by atoms with Crippen LogP contribution in [0, 0.1) is 5.92 Å². The summed E-state index contributed by atoms with van der Waals surface area (Å²) in [6, 6.07) is 14.4. The van der Waals surface area contributed by atoms with Crippen molar-refractivity contribution in [3.8, 4) is 11.5 Å². The summed E-state index contributed by atoms with van der Waals surface area (Å²) < 4.78 is 13.0. The number of hydrogen-bond acceptors (Lipinski definition) is 4. The molecule has 1 aromatic heterocycles. The lowest BCUT2D eigenvalue weighted by molar-refractivity contribution is 0.0940. The minimum atomic E-state index is -0.419. The number of ether oxygens (including phenoxy) is 2. The van der Waals surface area contributed by atoms with Crippen molar-refractivity contribution in [2.75, 3.05) is 13.7 Å². The van der Waals surface area contributed by atoms with Gasteiger partial charge in [0.25, 0.3) is 5.91 Å². The zero-order valence-electron chi connectivity index (χ0n) is 17.3. The Morgan fingerprint density at radius 2 is 1.90 bits per heavy atom. The molecule has 1 unspecified atom stereocenters. The lowest BCUT2D eigenvalue weighted by Crippen LogP contribution is -2.31. The first-order chi connectivity index (χ1) is 14.0. The van der Waals surface area contributed by atoms with Gasteiger partial charge in [-0.05, 0) is 41.8 Å². The maximum atomic E-state index is 13.0. The molecule has 6 nitrogen and oxygen atoms in total. The van der Waals surface area contributed by atoms with Crippen LogP contribution in [-0.4, -0.2) is 29.2 Å². The molecule has 29 heavy (non-hydrogen) atoms. The number of rotatable bonds is 8. The summed E-state index contributed by atoms with van der Waals surface area (Å²) in [6.45, 7) is 4.77. The Bertz CT molecular complexity index is 965. The summed E-state index contributed by atoms with van der Waals surface area (Å²) >= 11 is 0. The number of aromatic nitrogens is 2. The van der Waals surface area contributed by atoms with E-state index in [2.05, 4.69) is 24.1 Å². The van der Waals surface area contributed by atoms with Gasteiger partial charge >= 0.3 is 0 Å². The molecule has 6 heteroatoms. The second-order valence-electron chi connectivity index (χ2n) is 7.31. The van der Waals surface area contributed by atoms with E-state index in [1.54, 1.807) is 25.4 Å². The molecule has 0 saturated carbocycles. The third-order valence-corrected chi connectivity index (χ3v) is 4.50. The van der Waals surface area contributed by atoms with Crippen LogP contribution in [0.3, 0.4) is 0 Å². The maximum Gasteiger partial charge on any atom is 0.252 e. The van der Waals surface area contributed by atoms with Crippen molar-refractivity contribution in [1.82, 2.24) is 14.9 Å². The Hall–Kier alpha value is -3.28.